The molecule has 16 nitrogen and oxygen atoms in total. The van der Waals surface area contributed by atoms with E-state index in [-0.39, 0.29) is 77.9 Å². The molecule has 0 atom stereocenters. The summed E-state index contributed by atoms with van der Waals surface area (Å²) in [4.78, 5) is 32.9. The molecular weight excluding hydrogens is 1780 g/mol. The van der Waals surface area contributed by atoms with E-state index in [1.165, 1.54) is 0 Å². The smallest absolute Gasteiger partial charge is 0.443 e. The van der Waals surface area contributed by atoms with Gasteiger partial charge in [0.25, 0.3) is 0 Å². The number of nitrogens with zero attached hydrogens (tertiary/aromatic N) is 16. The normalized spacial score (nSPS) is 8.78. The summed E-state index contributed by atoms with van der Waals surface area (Å²) in [6, 6.07) is 124. The standard InChI is InChI=1S/8C11H9N2.C8.4Ru/c8*1-2-6-10(7-3-1)13-11-8-4-5-9-12-11;1-3-5-7-8-6-4-2;;;;/h8*1-9H;;;;;/q8*-1;-2;2*+2;2*+3. The van der Waals surface area contributed by atoms with E-state index < -0.39 is 0 Å². The predicted octanol–water partition coefficient (Wildman–Crippen LogP) is 27.5. The van der Waals surface area contributed by atoms with E-state index in [2.05, 4.69) is 106 Å². The van der Waals surface area contributed by atoms with Crippen molar-refractivity contribution in [3.63, 3.8) is 0 Å². The fourth-order valence-electron chi connectivity index (χ4n) is 8.56. The Bertz CT molecular complexity index is 4010. The van der Waals surface area contributed by atoms with Gasteiger partial charge in [-0.1, -0.05) is 484 Å². The second kappa shape index (κ2) is 61.7. The van der Waals surface area contributed by atoms with Crippen LogP contribution in [0.1, 0.15) is 0 Å². The van der Waals surface area contributed by atoms with Gasteiger partial charge in [0.15, 0.2) is 0 Å². The quantitative estimate of drug-likeness (QED) is 0.0514. The van der Waals surface area contributed by atoms with Crippen LogP contribution in [0.2, 0.25) is 0 Å². The molecule has 8 heterocycles. The van der Waals surface area contributed by atoms with E-state index in [1.54, 1.807) is 49.6 Å². The summed E-state index contributed by atoms with van der Waals surface area (Å²) in [5.74, 6) is 18.4. The zero-order valence-corrected chi connectivity index (χ0v) is 69.1. The van der Waals surface area contributed by atoms with Gasteiger partial charge in [0.1, 0.15) is 0 Å². The fraction of sp³-hybridized carbons (Fsp3) is 0. The maximum atomic E-state index is 6.28. The molecule has 0 fully saturated rings. The molecule has 0 bridgehead atoms. The van der Waals surface area contributed by atoms with E-state index in [4.69, 9.17) is 12.8 Å². The summed E-state index contributed by atoms with van der Waals surface area (Å²) in [6.45, 7) is 0. The SMILES string of the molecule is [C-]#CC#CC#CC#[C-].[Ru+2].[Ru+2].[Ru+3].[Ru+3].c1ccc([N-]c2ccccn2)cc1.c1ccc([N-]c2ccccn2)cc1.c1ccc([N-]c2ccccn2)cc1.c1ccc([N-]c2ccccn2)cc1.c1ccc([N-]c2ccccn2)cc1.c1ccc([N-]c2ccccn2)cc1.c1ccc([N-]c2ccccn2)cc1.c1ccc([N-]c2ccccn2)cc1. The summed E-state index contributed by atoms with van der Waals surface area (Å²) < 4.78 is 0. The zero-order chi connectivity index (χ0) is 77.7. The first-order chi connectivity index (χ1) is 55.5. The van der Waals surface area contributed by atoms with Crippen molar-refractivity contribution in [3.8, 4) is 35.5 Å². The van der Waals surface area contributed by atoms with Crippen LogP contribution in [0.4, 0.5) is 92.0 Å². The second-order valence-corrected chi connectivity index (χ2v) is 21.8. The minimum atomic E-state index is 0. The van der Waals surface area contributed by atoms with Gasteiger partial charge in [0, 0.05) is 0 Å². The minimum Gasteiger partial charge on any atom is -0.443 e. The van der Waals surface area contributed by atoms with Gasteiger partial charge in [0.05, 0.1) is 0 Å². The summed E-state index contributed by atoms with van der Waals surface area (Å²) >= 11 is 0. The number of rotatable bonds is 16. The van der Waals surface area contributed by atoms with Gasteiger partial charge in [0.2, 0.25) is 0 Å². The topological polar surface area (TPSA) is 216 Å². The van der Waals surface area contributed by atoms with Gasteiger partial charge in [-0.3, -0.25) is 11.8 Å². The number of pyridine rings is 8. The van der Waals surface area contributed by atoms with Crippen molar-refractivity contribution in [2.24, 2.45) is 0 Å². The van der Waals surface area contributed by atoms with Gasteiger partial charge in [-0.2, -0.15) is 0 Å². The molecule has 0 amide bonds. The third-order valence-electron chi connectivity index (χ3n) is 13.5. The fourth-order valence-corrected chi connectivity index (χ4v) is 8.56. The average Bonchev–Trinajstić information content (AvgIpc) is 0.959. The Morgan fingerprint density at radius 1 is 0.155 bits per heavy atom. The third kappa shape index (κ3) is 43.1. The molecule has 0 saturated carbocycles. The van der Waals surface area contributed by atoms with Crippen molar-refractivity contribution < 1.29 is 77.9 Å². The van der Waals surface area contributed by atoms with Gasteiger partial charge in [-0.15, -0.1) is 11.8 Å². The largest absolute Gasteiger partial charge is 3.00 e. The number of aromatic nitrogens is 8. The number of para-hydroxylation sites is 8. The molecular formula is C96H72N16Ru4. The Morgan fingerprint density at radius 2 is 0.267 bits per heavy atom. The molecule has 568 valence electrons. The Labute approximate surface area is 732 Å². The van der Waals surface area contributed by atoms with Gasteiger partial charge in [-0.25, -0.2) is 11.8 Å². The van der Waals surface area contributed by atoms with Gasteiger partial charge < -0.3 is 95.3 Å². The molecule has 8 aromatic heterocycles. The first-order valence-electron chi connectivity index (χ1n) is 34.8. The molecule has 0 N–H and O–H groups in total. The van der Waals surface area contributed by atoms with Crippen molar-refractivity contribution in [3.05, 3.63) is 493 Å². The van der Waals surface area contributed by atoms with E-state index in [1.807, 2.05) is 400 Å². The first-order valence-corrected chi connectivity index (χ1v) is 34.8. The number of hydrogen-bond donors (Lipinski definition) is 0. The monoisotopic (exact) mass is 1860 g/mol. The molecule has 0 aliphatic heterocycles. The van der Waals surface area contributed by atoms with Crippen molar-refractivity contribution in [1.29, 1.82) is 0 Å². The van der Waals surface area contributed by atoms with Crippen LogP contribution >= 0.6 is 0 Å². The van der Waals surface area contributed by atoms with Gasteiger partial charge in [-0.05, 0) is 45.5 Å². The maximum Gasteiger partial charge on any atom is 3.00 e. The average molecular weight is 1850 g/mol. The Hall–Kier alpha value is -13.9. The van der Waals surface area contributed by atoms with E-state index >= 15 is 0 Å². The molecule has 116 heavy (non-hydrogen) atoms. The molecule has 8 aromatic carbocycles. The zero-order valence-electron chi connectivity index (χ0n) is 62.1. The number of hydrogen-bond acceptors (Lipinski definition) is 8. The van der Waals surface area contributed by atoms with Crippen molar-refractivity contribution >= 4 is 92.0 Å². The molecule has 0 spiro atoms. The van der Waals surface area contributed by atoms with Crippen molar-refractivity contribution in [2.45, 2.75) is 0 Å². The van der Waals surface area contributed by atoms with E-state index in [0.29, 0.717) is 0 Å². The Kier molecular flexibility index (Phi) is 50.3. The van der Waals surface area contributed by atoms with Crippen LogP contribution in [0.25, 0.3) is 42.5 Å². The van der Waals surface area contributed by atoms with Crippen LogP contribution in [-0.4, -0.2) is 39.9 Å². The van der Waals surface area contributed by atoms with Gasteiger partial charge >= 0.3 is 77.9 Å². The summed E-state index contributed by atoms with van der Waals surface area (Å²) in [7, 11) is 0. The van der Waals surface area contributed by atoms with Crippen LogP contribution in [0.15, 0.2) is 438 Å². The van der Waals surface area contributed by atoms with Crippen molar-refractivity contribution in [1.82, 2.24) is 39.9 Å². The predicted molar refractivity (Wildman–Crippen MR) is 457 cm³/mol. The molecule has 16 rings (SSSR count). The number of benzene rings is 8. The van der Waals surface area contributed by atoms with Crippen LogP contribution in [0.5, 0.6) is 0 Å². The van der Waals surface area contributed by atoms with Crippen molar-refractivity contribution in [2.75, 3.05) is 0 Å². The Balaban J connectivity index is 0.000000274. The van der Waals surface area contributed by atoms with Crippen LogP contribution in [-0.2, 0) is 77.9 Å². The summed E-state index contributed by atoms with van der Waals surface area (Å²) in [5, 5.41) is 34.6. The third-order valence-corrected chi connectivity index (χ3v) is 13.5. The Morgan fingerprint density at radius 3 is 0.362 bits per heavy atom. The molecule has 0 unspecified atom stereocenters. The second-order valence-electron chi connectivity index (χ2n) is 21.8. The molecule has 2 radical (unpaired) electrons. The van der Waals surface area contributed by atoms with Crippen LogP contribution in [0, 0.1) is 48.4 Å². The first kappa shape index (κ1) is 94.5. The van der Waals surface area contributed by atoms with Crippen LogP contribution in [0.3, 0.4) is 0 Å². The van der Waals surface area contributed by atoms with E-state index in [0.717, 1.165) is 92.0 Å². The molecule has 20 heteroatoms. The van der Waals surface area contributed by atoms with Crippen LogP contribution < -0.4 is 0 Å². The minimum absolute atomic E-state index is 0. The maximum absolute atomic E-state index is 6.28. The van der Waals surface area contributed by atoms with E-state index in [9.17, 15) is 0 Å². The molecule has 0 saturated heterocycles. The molecule has 16 aromatic rings. The molecule has 0 aliphatic rings. The summed E-state index contributed by atoms with van der Waals surface area (Å²) in [6.07, 6.45) is 26.5. The molecule has 0 aliphatic carbocycles. The summed E-state index contributed by atoms with van der Waals surface area (Å²) in [5.41, 5.74) is 7.45.